The lowest BCUT2D eigenvalue weighted by molar-refractivity contribution is 0.0924. The van der Waals surface area contributed by atoms with Crippen molar-refractivity contribution >= 4 is 5.91 Å². The summed E-state index contributed by atoms with van der Waals surface area (Å²) in [5, 5.41) is 11.3. The zero-order valence-electron chi connectivity index (χ0n) is 14.1. The van der Waals surface area contributed by atoms with Gasteiger partial charge in [0.15, 0.2) is 0 Å². The van der Waals surface area contributed by atoms with Crippen LogP contribution < -0.4 is 5.32 Å². The normalized spacial score (nSPS) is 23.3. The van der Waals surface area contributed by atoms with E-state index < -0.39 is 0 Å². The monoisotopic (exact) mass is 329 g/mol. The zero-order chi connectivity index (χ0) is 16.7. The number of likely N-dealkylation sites (tertiary alicyclic amines) is 1. The Hall–Kier alpha value is -2.15. The Kier molecular flexibility index (Phi) is 3.88. The Morgan fingerprint density at radius 2 is 2.17 bits per heavy atom. The van der Waals surface area contributed by atoms with Crippen molar-refractivity contribution in [1.82, 2.24) is 25.0 Å². The number of carbonyl (C=O) groups excluding carboxylic acids is 1. The van der Waals surface area contributed by atoms with E-state index in [-0.39, 0.29) is 11.9 Å². The molecule has 0 spiro atoms. The molecule has 0 saturated carbocycles. The Labute approximate surface area is 141 Å². The summed E-state index contributed by atoms with van der Waals surface area (Å²) in [6, 6.07) is 2.12. The first-order valence-corrected chi connectivity index (χ1v) is 8.56. The van der Waals surface area contributed by atoms with Gasteiger partial charge in [0.25, 0.3) is 5.91 Å². The molecule has 1 saturated heterocycles. The first kappa shape index (κ1) is 15.4. The molecule has 0 aliphatic carbocycles. The number of nitrogens with one attached hydrogen (secondary N) is 1. The molecule has 1 N–H and O–H groups in total. The van der Waals surface area contributed by atoms with Crippen molar-refractivity contribution in [3.63, 3.8) is 0 Å². The molecule has 2 unspecified atom stereocenters. The molecule has 2 aliphatic rings. The molecular weight excluding hydrogens is 306 g/mol. The fourth-order valence-electron chi connectivity index (χ4n) is 3.89. The number of nitrogens with zero attached hydrogens (tertiary/aromatic N) is 4. The van der Waals surface area contributed by atoms with Crippen LogP contribution in [0.1, 0.15) is 35.9 Å². The average molecular weight is 329 g/mol. The maximum Gasteiger partial charge on any atom is 0.289 e. The van der Waals surface area contributed by atoms with Crippen molar-refractivity contribution in [2.75, 3.05) is 13.1 Å². The summed E-state index contributed by atoms with van der Waals surface area (Å²) in [5.41, 5.74) is 1.21. The van der Waals surface area contributed by atoms with Crippen molar-refractivity contribution in [2.45, 2.75) is 39.4 Å². The highest BCUT2D eigenvalue weighted by molar-refractivity contribution is 5.90. The third-order valence-electron chi connectivity index (χ3n) is 4.95. The molecule has 7 nitrogen and oxygen atoms in total. The van der Waals surface area contributed by atoms with Gasteiger partial charge in [-0.3, -0.25) is 9.69 Å². The Morgan fingerprint density at radius 3 is 2.92 bits per heavy atom. The van der Waals surface area contributed by atoms with Crippen molar-refractivity contribution in [2.24, 2.45) is 11.8 Å². The summed E-state index contributed by atoms with van der Waals surface area (Å²) in [5.74, 6) is 2.40. The van der Waals surface area contributed by atoms with Gasteiger partial charge in [0.1, 0.15) is 5.82 Å². The third-order valence-corrected chi connectivity index (χ3v) is 4.95. The van der Waals surface area contributed by atoms with Crippen molar-refractivity contribution in [1.29, 1.82) is 0 Å². The fourth-order valence-corrected chi connectivity index (χ4v) is 3.89. The molecule has 24 heavy (non-hydrogen) atoms. The van der Waals surface area contributed by atoms with Crippen LogP contribution in [0.15, 0.2) is 23.0 Å². The van der Waals surface area contributed by atoms with E-state index in [4.69, 9.17) is 4.42 Å². The second kappa shape index (κ2) is 6.05. The van der Waals surface area contributed by atoms with Crippen molar-refractivity contribution in [3.8, 4) is 0 Å². The number of rotatable bonds is 4. The second-order valence-corrected chi connectivity index (χ2v) is 7.23. The molecule has 2 aromatic heterocycles. The van der Waals surface area contributed by atoms with Crippen LogP contribution in [0, 0.1) is 11.8 Å². The van der Waals surface area contributed by atoms with Gasteiger partial charge in [-0.25, -0.2) is 0 Å². The fraction of sp³-hybridized carbons (Fsp3) is 0.588. The van der Waals surface area contributed by atoms with Crippen LogP contribution in [0.3, 0.4) is 0 Å². The molecule has 2 aromatic rings. The minimum absolute atomic E-state index is 0.0960. The summed E-state index contributed by atoms with van der Waals surface area (Å²) in [7, 11) is 0. The molecule has 0 aromatic carbocycles. The van der Waals surface area contributed by atoms with E-state index in [1.165, 1.54) is 5.56 Å². The standard InChI is InChI=1S/C17H23N5O2/c1-11(2)18-17(23)16-20-19-15-5-13-7-21(6-12-3-4-24-10-12)8-14(13)9-22(15)16/h3-4,10-11,13-14H,5-9H2,1-2H3,(H,18,23). The smallest absolute Gasteiger partial charge is 0.289 e. The molecule has 2 aliphatic heterocycles. The minimum Gasteiger partial charge on any atom is -0.472 e. The number of carbonyl (C=O) groups is 1. The average Bonchev–Trinajstić information content (AvgIpc) is 3.22. The van der Waals surface area contributed by atoms with E-state index in [1.54, 1.807) is 6.26 Å². The lowest BCUT2D eigenvalue weighted by Gasteiger charge is -2.25. The molecule has 0 radical (unpaired) electrons. The van der Waals surface area contributed by atoms with Gasteiger partial charge in [0.2, 0.25) is 5.82 Å². The minimum atomic E-state index is -0.129. The summed E-state index contributed by atoms with van der Waals surface area (Å²) in [6.45, 7) is 7.76. The van der Waals surface area contributed by atoms with Crippen LogP contribution in [0.2, 0.25) is 0 Å². The van der Waals surface area contributed by atoms with Crippen LogP contribution in [0.4, 0.5) is 0 Å². The molecule has 1 amide bonds. The van der Waals surface area contributed by atoms with E-state index in [0.29, 0.717) is 17.7 Å². The van der Waals surface area contributed by atoms with Gasteiger partial charge in [0, 0.05) is 44.2 Å². The Bertz CT molecular complexity index is 721. The predicted molar refractivity (Wildman–Crippen MR) is 87.3 cm³/mol. The lowest BCUT2D eigenvalue weighted by Crippen LogP contribution is -2.35. The van der Waals surface area contributed by atoms with E-state index in [2.05, 4.69) is 20.4 Å². The van der Waals surface area contributed by atoms with Gasteiger partial charge in [-0.05, 0) is 31.7 Å². The van der Waals surface area contributed by atoms with E-state index in [9.17, 15) is 4.79 Å². The van der Waals surface area contributed by atoms with Gasteiger partial charge in [-0.2, -0.15) is 0 Å². The largest absolute Gasteiger partial charge is 0.472 e. The van der Waals surface area contributed by atoms with Gasteiger partial charge in [-0.1, -0.05) is 0 Å². The quantitative estimate of drug-likeness (QED) is 0.915. The molecule has 4 rings (SSSR count). The number of furan rings is 1. The molecular formula is C17H23N5O2. The Morgan fingerprint density at radius 1 is 1.33 bits per heavy atom. The van der Waals surface area contributed by atoms with Crippen LogP contribution in [-0.2, 0) is 19.5 Å². The highest BCUT2D eigenvalue weighted by Crippen LogP contribution is 2.33. The number of fused-ring (bicyclic) bond motifs is 2. The van der Waals surface area contributed by atoms with Gasteiger partial charge >= 0.3 is 0 Å². The first-order chi connectivity index (χ1) is 11.6. The number of hydrogen-bond donors (Lipinski definition) is 1. The van der Waals surface area contributed by atoms with E-state index in [1.807, 2.05) is 30.7 Å². The molecule has 128 valence electrons. The van der Waals surface area contributed by atoms with E-state index in [0.717, 1.165) is 38.4 Å². The van der Waals surface area contributed by atoms with Crippen molar-refractivity contribution in [3.05, 3.63) is 35.8 Å². The molecule has 4 heterocycles. The Balaban J connectivity index is 1.46. The highest BCUT2D eigenvalue weighted by atomic mass is 16.3. The maximum absolute atomic E-state index is 12.3. The van der Waals surface area contributed by atoms with Crippen LogP contribution in [-0.4, -0.2) is 44.7 Å². The van der Waals surface area contributed by atoms with Crippen molar-refractivity contribution < 1.29 is 9.21 Å². The van der Waals surface area contributed by atoms with Crippen LogP contribution in [0.25, 0.3) is 0 Å². The summed E-state index contributed by atoms with van der Waals surface area (Å²) >= 11 is 0. The predicted octanol–water partition coefficient (Wildman–Crippen LogP) is 1.31. The zero-order valence-corrected chi connectivity index (χ0v) is 14.1. The second-order valence-electron chi connectivity index (χ2n) is 7.23. The molecule has 1 fully saturated rings. The SMILES string of the molecule is CC(C)NC(=O)c1nnc2n1CC1CN(Cc3ccoc3)CC1C2. The van der Waals surface area contributed by atoms with Gasteiger partial charge in [-0.15, -0.1) is 10.2 Å². The number of aromatic nitrogens is 3. The summed E-state index contributed by atoms with van der Waals surface area (Å²) < 4.78 is 7.18. The first-order valence-electron chi connectivity index (χ1n) is 8.56. The van der Waals surface area contributed by atoms with Crippen LogP contribution in [0.5, 0.6) is 0 Å². The van der Waals surface area contributed by atoms with Crippen LogP contribution >= 0.6 is 0 Å². The number of amides is 1. The lowest BCUT2D eigenvalue weighted by atomic mass is 9.89. The maximum atomic E-state index is 12.3. The van der Waals surface area contributed by atoms with Gasteiger partial charge in [0.05, 0.1) is 12.5 Å². The van der Waals surface area contributed by atoms with Gasteiger partial charge < -0.3 is 14.3 Å². The third kappa shape index (κ3) is 2.84. The molecule has 2 atom stereocenters. The molecule has 0 bridgehead atoms. The highest BCUT2D eigenvalue weighted by Gasteiger charge is 2.39. The van der Waals surface area contributed by atoms with E-state index >= 15 is 0 Å². The number of hydrogen-bond acceptors (Lipinski definition) is 5. The topological polar surface area (TPSA) is 76.2 Å². The summed E-state index contributed by atoms with van der Waals surface area (Å²) in [4.78, 5) is 14.8. The molecule has 7 heteroatoms. The summed E-state index contributed by atoms with van der Waals surface area (Å²) in [6.07, 6.45) is 4.43.